The second kappa shape index (κ2) is 2.75. The highest BCUT2D eigenvalue weighted by Crippen LogP contribution is 2.63. The van der Waals surface area contributed by atoms with Gasteiger partial charge in [-0.1, -0.05) is 20.8 Å². The summed E-state index contributed by atoms with van der Waals surface area (Å²) in [7, 11) is 0. The number of hydrogen-bond acceptors (Lipinski definition) is 2. The molecule has 2 heteroatoms. The van der Waals surface area contributed by atoms with Crippen molar-refractivity contribution in [3.8, 4) is 0 Å². The van der Waals surface area contributed by atoms with Gasteiger partial charge in [0.05, 0.1) is 12.0 Å². The summed E-state index contributed by atoms with van der Waals surface area (Å²) in [5, 5.41) is 0. The number of rotatable bonds is 3. The van der Waals surface area contributed by atoms with Crippen molar-refractivity contribution in [2.75, 3.05) is 6.61 Å². The first-order valence-corrected chi connectivity index (χ1v) is 4.61. The standard InChI is InChI=1S/C10H18O2/c1-5-6-12-8(11)10(4)7-9(10,2)3/h5-7H2,1-4H3. The van der Waals surface area contributed by atoms with Crippen molar-refractivity contribution >= 4 is 5.97 Å². The van der Waals surface area contributed by atoms with Crippen molar-refractivity contribution in [2.45, 2.75) is 40.5 Å². The van der Waals surface area contributed by atoms with Crippen LogP contribution in [-0.2, 0) is 9.53 Å². The Labute approximate surface area is 74.3 Å². The molecule has 0 aromatic heterocycles. The third-order valence-electron chi connectivity index (χ3n) is 3.05. The highest BCUT2D eigenvalue weighted by Gasteiger charge is 2.63. The van der Waals surface area contributed by atoms with Gasteiger partial charge in [-0.3, -0.25) is 4.79 Å². The zero-order valence-corrected chi connectivity index (χ0v) is 8.44. The Bertz CT molecular complexity index is 196. The van der Waals surface area contributed by atoms with Crippen molar-refractivity contribution in [3.05, 3.63) is 0 Å². The van der Waals surface area contributed by atoms with Crippen LogP contribution in [0.25, 0.3) is 0 Å². The van der Waals surface area contributed by atoms with Crippen LogP contribution in [0.5, 0.6) is 0 Å². The number of carbonyl (C=O) groups is 1. The number of ether oxygens (including phenoxy) is 1. The van der Waals surface area contributed by atoms with E-state index in [-0.39, 0.29) is 16.8 Å². The van der Waals surface area contributed by atoms with Gasteiger partial charge < -0.3 is 4.74 Å². The van der Waals surface area contributed by atoms with Crippen molar-refractivity contribution in [1.82, 2.24) is 0 Å². The summed E-state index contributed by atoms with van der Waals surface area (Å²) in [5.74, 6) is -0.0191. The normalized spacial score (nSPS) is 31.3. The lowest BCUT2D eigenvalue weighted by Gasteiger charge is -2.13. The predicted octanol–water partition coefficient (Wildman–Crippen LogP) is 2.38. The number of esters is 1. The van der Waals surface area contributed by atoms with Gasteiger partial charge in [-0.15, -0.1) is 0 Å². The Morgan fingerprint density at radius 1 is 1.42 bits per heavy atom. The Hall–Kier alpha value is -0.530. The van der Waals surface area contributed by atoms with Crippen LogP contribution in [0.4, 0.5) is 0 Å². The summed E-state index contributed by atoms with van der Waals surface area (Å²) in [6, 6.07) is 0. The van der Waals surface area contributed by atoms with Crippen molar-refractivity contribution in [2.24, 2.45) is 10.8 Å². The summed E-state index contributed by atoms with van der Waals surface area (Å²) in [5.41, 5.74) is -0.0556. The van der Waals surface area contributed by atoms with Gasteiger partial charge in [0.25, 0.3) is 0 Å². The van der Waals surface area contributed by atoms with Crippen LogP contribution in [-0.4, -0.2) is 12.6 Å². The second-order valence-corrected chi connectivity index (χ2v) is 4.53. The molecule has 0 saturated heterocycles. The molecular formula is C10H18O2. The molecule has 70 valence electrons. The Kier molecular flexibility index (Phi) is 2.19. The smallest absolute Gasteiger partial charge is 0.312 e. The van der Waals surface area contributed by atoms with E-state index >= 15 is 0 Å². The first-order chi connectivity index (χ1) is 5.44. The highest BCUT2D eigenvalue weighted by atomic mass is 16.5. The molecule has 0 aliphatic heterocycles. The molecule has 1 rings (SSSR count). The van der Waals surface area contributed by atoms with Gasteiger partial charge in [0.1, 0.15) is 0 Å². The zero-order chi connectivity index (χ0) is 9.41. The lowest BCUT2D eigenvalue weighted by Crippen LogP contribution is -2.20. The maximum Gasteiger partial charge on any atom is 0.312 e. The molecule has 0 aromatic rings. The predicted molar refractivity (Wildman–Crippen MR) is 47.8 cm³/mol. The first-order valence-electron chi connectivity index (χ1n) is 4.61. The van der Waals surface area contributed by atoms with E-state index in [4.69, 9.17) is 4.74 Å². The van der Waals surface area contributed by atoms with Crippen LogP contribution in [0.1, 0.15) is 40.5 Å². The van der Waals surface area contributed by atoms with Crippen LogP contribution in [0.3, 0.4) is 0 Å². The summed E-state index contributed by atoms with van der Waals surface area (Å²) in [4.78, 5) is 11.5. The molecule has 0 N–H and O–H groups in total. The molecule has 1 unspecified atom stereocenters. The van der Waals surface area contributed by atoms with Gasteiger partial charge in [-0.2, -0.15) is 0 Å². The lowest BCUT2D eigenvalue weighted by atomic mass is 9.99. The molecule has 1 aliphatic carbocycles. The molecule has 1 aliphatic rings. The van der Waals surface area contributed by atoms with Crippen molar-refractivity contribution < 1.29 is 9.53 Å². The Morgan fingerprint density at radius 3 is 2.25 bits per heavy atom. The summed E-state index contributed by atoms with van der Waals surface area (Å²) in [6.07, 6.45) is 1.87. The molecule has 0 radical (unpaired) electrons. The van der Waals surface area contributed by atoms with Crippen molar-refractivity contribution in [3.63, 3.8) is 0 Å². The maximum absolute atomic E-state index is 11.5. The molecule has 2 nitrogen and oxygen atoms in total. The van der Waals surface area contributed by atoms with E-state index in [9.17, 15) is 4.79 Å². The molecule has 0 heterocycles. The van der Waals surface area contributed by atoms with Crippen LogP contribution < -0.4 is 0 Å². The fraction of sp³-hybridized carbons (Fsp3) is 0.900. The molecule has 1 fully saturated rings. The first kappa shape index (κ1) is 9.56. The number of carbonyl (C=O) groups excluding carboxylic acids is 1. The third kappa shape index (κ3) is 1.35. The van der Waals surface area contributed by atoms with E-state index in [0.717, 1.165) is 12.8 Å². The topological polar surface area (TPSA) is 26.3 Å². The van der Waals surface area contributed by atoms with Gasteiger partial charge in [0.15, 0.2) is 0 Å². The van der Waals surface area contributed by atoms with Gasteiger partial charge in [0.2, 0.25) is 0 Å². The molecular weight excluding hydrogens is 152 g/mol. The molecule has 0 amide bonds. The summed E-state index contributed by atoms with van der Waals surface area (Å²) in [6.45, 7) is 8.78. The lowest BCUT2D eigenvalue weighted by molar-refractivity contribution is -0.150. The number of hydrogen-bond donors (Lipinski definition) is 0. The molecule has 1 atom stereocenters. The van der Waals surface area contributed by atoms with Crippen LogP contribution in [0.2, 0.25) is 0 Å². The minimum atomic E-state index is -0.206. The largest absolute Gasteiger partial charge is 0.465 e. The molecule has 12 heavy (non-hydrogen) atoms. The summed E-state index contributed by atoms with van der Waals surface area (Å²) < 4.78 is 5.11. The van der Waals surface area contributed by atoms with Crippen LogP contribution in [0.15, 0.2) is 0 Å². The quantitative estimate of drug-likeness (QED) is 0.608. The SMILES string of the molecule is CCCOC(=O)C1(C)CC1(C)C. The highest BCUT2D eigenvalue weighted by molar-refractivity contribution is 5.81. The fourth-order valence-corrected chi connectivity index (χ4v) is 1.54. The van der Waals surface area contributed by atoms with Gasteiger partial charge >= 0.3 is 5.97 Å². The molecule has 1 saturated carbocycles. The van der Waals surface area contributed by atoms with E-state index in [2.05, 4.69) is 13.8 Å². The average Bonchev–Trinajstić information content (AvgIpc) is 2.48. The monoisotopic (exact) mass is 170 g/mol. The Morgan fingerprint density at radius 2 is 1.92 bits per heavy atom. The van der Waals surface area contributed by atoms with E-state index in [1.165, 1.54) is 0 Å². The molecule has 0 bridgehead atoms. The van der Waals surface area contributed by atoms with E-state index < -0.39 is 0 Å². The fourth-order valence-electron chi connectivity index (χ4n) is 1.54. The molecule has 0 spiro atoms. The minimum Gasteiger partial charge on any atom is -0.465 e. The van der Waals surface area contributed by atoms with E-state index in [0.29, 0.717) is 6.61 Å². The summed E-state index contributed by atoms with van der Waals surface area (Å²) >= 11 is 0. The van der Waals surface area contributed by atoms with Gasteiger partial charge in [-0.25, -0.2) is 0 Å². The van der Waals surface area contributed by atoms with E-state index in [1.54, 1.807) is 0 Å². The van der Waals surface area contributed by atoms with Gasteiger partial charge in [-0.05, 0) is 25.2 Å². The Balaban J connectivity index is 2.45. The third-order valence-corrected chi connectivity index (χ3v) is 3.05. The van der Waals surface area contributed by atoms with Gasteiger partial charge in [0, 0.05) is 0 Å². The minimum absolute atomic E-state index is 0.0191. The second-order valence-electron chi connectivity index (χ2n) is 4.53. The molecule has 0 aromatic carbocycles. The average molecular weight is 170 g/mol. The van der Waals surface area contributed by atoms with Crippen LogP contribution in [0, 0.1) is 10.8 Å². The maximum atomic E-state index is 11.5. The van der Waals surface area contributed by atoms with E-state index in [1.807, 2.05) is 13.8 Å². The van der Waals surface area contributed by atoms with Crippen molar-refractivity contribution in [1.29, 1.82) is 0 Å². The zero-order valence-electron chi connectivity index (χ0n) is 8.44. The van der Waals surface area contributed by atoms with Crippen LogP contribution >= 0.6 is 0 Å².